The second-order valence-corrected chi connectivity index (χ2v) is 6.79. The van der Waals surface area contributed by atoms with Crippen LogP contribution >= 0.6 is 0 Å². The van der Waals surface area contributed by atoms with Gasteiger partial charge in [0.15, 0.2) is 0 Å². The Balaban J connectivity index is 1.54. The van der Waals surface area contributed by atoms with Crippen LogP contribution in [0, 0.1) is 5.92 Å². The van der Waals surface area contributed by atoms with Gasteiger partial charge in [-0.25, -0.2) is 9.78 Å². The molecule has 1 aliphatic carbocycles. The highest BCUT2D eigenvalue weighted by Gasteiger charge is 2.30. The molecule has 3 amide bonds. The van der Waals surface area contributed by atoms with E-state index in [1.165, 1.54) is 12.8 Å². The fraction of sp³-hybridized carbons (Fsp3) is 0.611. The molecule has 2 aliphatic rings. The summed E-state index contributed by atoms with van der Waals surface area (Å²) in [5, 5.41) is 5.93. The topological polar surface area (TPSA) is 83.6 Å². The van der Waals surface area contributed by atoms with Gasteiger partial charge >= 0.3 is 6.03 Å². The average Bonchev–Trinajstić information content (AvgIpc) is 3.15. The van der Waals surface area contributed by atoms with Gasteiger partial charge in [0.05, 0.1) is 13.0 Å². The number of likely N-dealkylation sites (tertiary alicyclic amines) is 1. The predicted octanol–water partition coefficient (Wildman–Crippen LogP) is 2.39. The zero-order valence-electron chi connectivity index (χ0n) is 14.7. The quantitative estimate of drug-likeness (QED) is 0.877. The van der Waals surface area contributed by atoms with E-state index < -0.39 is 0 Å². The fourth-order valence-electron chi connectivity index (χ4n) is 3.55. The summed E-state index contributed by atoms with van der Waals surface area (Å²) in [6.07, 6.45) is 7.70. The molecule has 136 valence electrons. The van der Waals surface area contributed by atoms with Gasteiger partial charge in [-0.1, -0.05) is 12.8 Å². The van der Waals surface area contributed by atoms with Crippen LogP contribution in [0.25, 0.3) is 0 Å². The monoisotopic (exact) mass is 346 g/mol. The van der Waals surface area contributed by atoms with E-state index in [0.29, 0.717) is 30.7 Å². The summed E-state index contributed by atoms with van der Waals surface area (Å²) < 4.78 is 5.14. The van der Waals surface area contributed by atoms with Crippen LogP contribution in [0.3, 0.4) is 0 Å². The number of nitrogens with zero attached hydrogens (tertiary/aromatic N) is 2. The Bertz CT molecular complexity index is 616. The Labute approximate surface area is 148 Å². The number of piperidine rings is 1. The van der Waals surface area contributed by atoms with Crippen LogP contribution in [0.15, 0.2) is 18.3 Å². The molecule has 0 bridgehead atoms. The molecule has 7 heteroatoms. The van der Waals surface area contributed by atoms with Crippen molar-refractivity contribution in [2.24, 2.45) is 5.92 Å². The molecule has 2 heterocycles. The van der Waals surface area contributed by atoms with Gasteiger partial charge in [0.2, 0.25) is 5.91 Å². The molecule has 1 aliphatic heterocycles. The average molecular weight is 346 g/mol. The lowest BCUT2D eigenvalue weighted by molar-refractivity contribution is -0.121. The number of amides is 3. The van der Waals surface area contributed by atoms with Gasteiger partial charge in [-0.2, -0.15) is 0 Å². The highest BCUT2D eigenvalue weighted by atomic mass is 16.5. The number of nitrogens with one attached hydrogen (secondary N) is 2. The number of rotatable bonds is 4. The molecule has 0 unspecified atom stereocenters. The molecule has 1 aromatic heterocycles. The van der Waals surface area contributed by atoms with Crippen LogP contribution in [-0.4, -0.2) is 48.1 Å². The zero-order valence-corrected chi connectivity index (χ0v) is 14.7. The first-order valence-electron chi connectivity index (χ1n) is 9.02. The van der Waals surface area contributed by atoms with Gasteiger partial charge in [-0.3, -0.25) is 4.79 Å². The SMILES string of the molecule is COc1ccnc(NC(=O)[C@@H]2CCCN(C(=O)NC3CCCC3)C2)c1. The fourth-order valence-corrected chi connectivity index (χ4v) is 3.55. The van der Waals surface area contributed by atoms with Crippen LogP contribution in [0.2, 0.25) is 0 Å². The van der Waals surface area contributed by atoms with Gasteiger partial charge in [0, 0.05) is 31.4 Å². The first kappa shape index (κ1) is 17.5. The van der Waals surface area contributed by atoms with E-state index in [9.17, 15) is 9.59 Å². The number of hydrogen-bond acceptors (Lipinski definition) is 4. The van der Waals surface area contributed by atoms with Crippen molar-refractivity contribution >= 4 is 17.8 Å². The summed E-state index contributed by atoms with van der Waals surface area (Å²) in [6, 6.07) is 3.67. The van der Waals surface area contributed by atoms with Gasteiger partial charge in [-0.05, 0) is 31.7 Å². The number of anilines is 1. The summed E-state index contributed by atoms with van der Waals surface area (Å²) in [5.74, 6) is 0.804. The van der Waals surface area contributed by atoms with E-state index in [1.807, 2.05) is 0 Å². The minimum Gasteiger partial charge on any atom is -0.497 e. The van der Waals surface area contributed by atoms with Crippen molar-refractivity contribution in [3.8, 4) is 5.75 Å². The van der Waals surface area contributed by atoms with Crippen LogP contribution < -0.4 is 15.4 Å². The summed E-state index contributed by atoms with van der Waals surface area (Å²) in [5.41, 5.74) is 0. The second-order valence-electron chi connectivity index (χ2n) is 6.79. The molecule has 0 spiro atoms. The number of urea groups is 1. The number of carbonyl (C=O) groups is 2. The van der Waals surface area contributed by atoms with Crippen molar-refractivity contribution in [3.05, 3.63) is 18.3 Å². The molecule has 0 radical (unpaired) electrons. The molecule has 2 fully saturated rings. The van der Waals surface area contributed by atoms with Crippen molar-refractivity contribution in [3.63, 3.8) is 0 Å². The molecule has 3 rings (SSSR count). The van der Waals surface area contributed by atoms with Crippen LogP contribution in [-0.2, 0) is 4.79 Å². The van der Waals surface area contributed by atoms with Gasteiger partial charge in [0.25, 0.3) is 0 Å². The van der Waals surface area contributed by atoms with E-state index in [1.54, 1.807) is 30.3 Å². The maximum Gasteiger partial charge on any atom is 0.317 e. The molecule has 7 nitrogen and oxygen atoms in total. The number of hydrogen-bond donors (Lipinski definition) is 2. The Hall–Kier alpha value is -2.31. The smallest absolute Gasteiger partial charge is 0.317 e. The number of aromatic nitrogens is 1. The Morgan fingerprint density at radius 1 is 1.24 bits per heavy atom. The van der Waals surface area contributed by atoms with Crippen molar-refractivity contribution in [2.75, 3.05) is 25.5 Å². The third-order valence-corrected chi connectivity index (χ3v) is 4.98. The van der Waals surface area contributed by atoms with E-state index >= 15 is 0 Å². The van der Waals surface area contributed by atoms with E-state index in [-0.39, 0.29) is 17.9 Å². The molecule has 1 saturated carbocycles. The van der Waals surface area contributed by atoms with Crippen molar-refractivity contribution in [2.45, 2.75) is 44.6 Å². The van der Waals surface area contributed by atoms with E-state index in [4.69, 9.17) is 4.74 Å². The Morgan fingerprint density at radius 3 is 2.80 bits per heavy atom. The van der Waals surface area contributed by atoms with E-state index in [2.05, 4.69) is 15.6 Å². The second kappa shape index (κ2) is 8.18. The number of pyridine rings is 1. The maximum atomic E-state index is 12.5. The van der Waals surface area contributed by atoms with Crippen molar-refractivity contribution in [1.82, 2.24) is 15.2 Å². The molecular formula is C18H26N4O3. The normalized spacial score (nSPS) is 21.0. The summed E-state index contributed by atoms with van der Waals surface area (Å²) >= 11 is 0. The Morgan fingerprint density at radius 2 is 2.04 bits per heavy atom. The summed E-state index contributed by atoms with van der Waals surface area (Å²) in [4.78, 5) is 30.9. The van der Waals surface area contributed by atoms with Crippen LogP contribution in [0.4, 0.5) is 10.6 Å². The maximum absolute atomic E-state index is 12.5. The first-order chi connectivity index (χ1) is 12.2. The largest absolute Gasteiger partial charge is 0.497 e. The standard InChI is InChI=1S/C18H26N4O3/c1-25-15-8-9-19-16(11-15)21-17(23)13-5-4-10-22(12-13)18(24)20-14-6-2-3-7-14/h8-9,11,13-14H,2-7,10,12H2,1H3,(H,20,24)(H,19,21,23)/t13-/m1/s1. The van der Waals surface area contributed by atoms with Crippen LogP contribution in [0.1, 0.15) is 38.5 Å². The van der Waals surface area contributed by atoms with Gasteiger partial charge in [0.1, 0.15) is 11.6 Å². The molecular weight excluding hydrogens is 320 g/mol. The minimum atomic E-state index is -0.212. The number of methoxy groups -OCH3 is 1. The molecule has 1 saturated heterocycles. The third kappa shape index (κ3) is 4.61. The van der Waals surface area contributed by atoms with Crippen LogP contribution in [0.5, 0.6) is 5.75 Å². The third-order valence-electron chi connectivity index (χ3n) is 4.98. The summed E-state index contributed by atoms with van der Waals surface area (Å²) in [6.45, 7) is 1.16. The molecule has 0 aromatic carbocycles. The van der Waals surface area contributed by atoms with Crippen molar-refractivity contribution in [1.29, 1.82) is 0 Å². The lowest BCUT2D eigenvalue weighted by Gasteiger charge is -2.32. The van der Waals surface area contributed by atoms with Crippen molar-refractivity contribution < 1.29 is 14.3 Å². The molecule has 2 N–H and O–H groups in total. The van der Waals surface area contributed by atoms with E-state index in [0.717, 1.165) is 25.7 Å². The lowest BCUT2D eigenvalue weighted by atomic mass is 9.97. The lowest BCUT2D eigenvalue weighted by Crippen LogP contribution is -2.49. The molecule has 1 atom stereocenters. The van der Waals surface area contributed by atoms with Gasteiger partial charge in [-0.15, -0.1) is 0 Å². The predicted molar refractivity (Wildman–Crippen MR) is 94.5 cm³/mol. The molecule has 25 heavy (non-hydrogen) atoms. The minimum absolute atomic E-state index is 0.0381. The number of carbonyl (C=O) groups excluding carboxylic acids is 2. The number of ether oxygens (including phenoxy) is 1. The summed E-state index contributed by atoms with van der Waals surface area (Å²) in [7, 11) is 1.57. The van der Waals surface area contributed by atoms with Gasteiger partial charge < -0.3 is 20.3 Å². The zero-order chi connectivity index (χ0) is 17.6. The Kier molecular flexibility index (Phi) is 5.73. The highest BCUT2D eigenvalue weighted by molar-refractivity contribution is 5.92. The molecule has 1 aromatic rings. The highest BCUT2D eigenvalue weighted by Crippen LogP contribution is 2.21. The first-order valence-corrected chi connectivity index (χ1v) is 9.02.